The molecule has 0 bridgehead atoms. The lowest BCUT2D eigenvalue weighted by atomic mass is 10.0. The van der Waals surface area contributed by atoms with Gasteiger partial charge in [0.25, 0.3) is 0 Å². The second kappa shape index (κ2) is 8.82. The average molecular weight is 402 g/mol. The van der Waals surface area contributed by atoms with Crippen LogP contribution in [0.4, 0.5) is 5.69 Å². The first-order chi connectivity index (χ1) is 14.0. The molecule has 2 fully saturated rings. The summed E-state index contributed by atoms with van der Waals surface area (Å²) in [6, 6.07) is 5.73. The van der Waals surface area contributed by atoms with E-state index in [9.17, 15) is 14.4 Å². The van der Waals surface area contributed by atoms with E-state index in [0.29, 0.717) is 12.5 Å². The first-order valence-corrected chi connectivity index (χ1v) is 10.5. The van der Waals surface area contributed by atoms with Crippen molar-refractivity contribution in [2.45, 2.75) is 51.6 Å². The van der Waals surface area contributed by atoms with Crippen molar-refractivity contribution < 1.29 is 9.59 Å². The molecule has 8 heteroatoms. The van der Waals surface area contributed by atoms with Crippen molar-refractivity contribution in [3.63, 3.8) is 0 Å². The maximum atomic E-state index is 13.0. The second-order valence-corrected chi connectivity index (χ2v) is 7.37. The Morgan fingerprint density at radius 3 is 2.38 bits per heavy atom. The molecule has 158 valence electrons. The molecule has 2 aliphatic heterocycles. The van der Waals surface area contributed by atoms with Crippen molar-refractivity contribution in [2.24, 2.45) is 7.05 Å². The van der Waals surface area contributed by atoms with Crippen molar-refractivity contribution in [1.82, 2.24) is 19.8 Å². The van der Waals surface area contributed by atoms with Gasteiger partial charge in [0.05, 0.1) is 16.7 Å². The number of amides is 2. The van der Waals surface area contributed by atoms with Gasteiger partial charge < -0.3 is 10.2 Å². The summed E-state index contributed by atoms with van der Waals surface area (Å²) in [6.07, 6.45) is 2.70. The van der Waals surface area contributed by atoms with Crippen LogP contribution in [0.3, 0.4) is 0 Å². The minimum Gasteiger partial charge on any atom is -0.370 e. The number of aromatic nitrogens is 2. The van der Waals surface area contributed by atoms with E-state index in [-0.39, 0.29) is 18.0 Å². The van der Waals surface area contributed by atoms with E-state index in [1.807, 2.05) is 39.1 Å². The molecule has 1 atom stereocenters. The van der Waals surface area contributed by atoms with Crippen LogP contribution in [-0.2, 0) is 16.6 Å². The van der Waals surface area contributed by atoms with Gasteiger partial charge in [-0.1, -0.05) is 19.9 Å². The quantitative estimate of drug-likeness (QED) is 0.762. The van der Waals surface area contributed by atoms with Crippen LogP contribution >= 0.6 is 0 Å². The van der Waals surface area contributed by atoms with Crippen molar-refractivity contribution in [1.29, 1.82) is 0 Å². The summed E-state index contributed by atoms with van der Waals surface area (Å²) in [6.45, 7) is 5.84. The van der Waals surface area contributed by atoms with Gasteiger partial charge in [0, 0.05) is 32.6 Å². The fourth-order valence-corrected chi connectivity index (χ4v) is 4.31. The smallest absolute Gasteiger partial charge is 0.329 e. The highest BCUT2D eigenvalue weighted by atomic mass is 16.2. The van der Waals surface area contributed by atoms with E-state index in [2.05, 4.69) is 15.5 Å². The molecule has 0 aliphatic carbocycles. The zero-order valence-electron chi connectivity index (χ0n) is 17.7. The van der Waals surface area contributed by atoms with Crippen LogP contribution in [0.5, 0.6) is 0 Å². The molecule has 3 heterocycles. The number of fused-ring (bicyclic) bond motifs is 1. The molecule has 2 aliphatic rings. The van der Waals surface area contributed by atoms with Gasteiger partial charge >= 0.3 is 5.69 Å². The predicted molar refractivity (Wildman–Crippen MR) is 114 cm³/mol. The van der Waals surface area contributed by atoms with Crippen LogP contribution in [-0.4, -0.2) is 47.1 Å². The predicted octanol–water partition coefficient (Wildman–Crippen LogP) is 1.53. The summed E-state index contributed by atoms with van der Waals surface area (Å²) in [5.74, 6) is -0.682. The third-order valence-corrected chi connectivity index (χ3v) is 5.85. The summed E-state index contributed by atoms with van der Waals surface area (Å²) < 4.78 is 3.17. The minimum atomic E-state index is -0.649. The Balaban J connectivity index is 0.00000117. The van der Waals surface area contributed by atoms with E-state index in [4.69, 9.17) is 0 Å². The van der Waals surface area contributed by atoms with Crippen molar-refractivity contribution >= 4 is 28.5 Å². The van der Waals surface area contributed by atoms with Crippen molar-refractivity contribution in [2.75, 3.05) is 25.0 Å². The number of imide groups is 1. The van der Waals surface area contributed by atoms with E-state index in [1.165, 1.54) is 0 Å². The van der Waals surface area contributed by atoms with Crippen LogP contribution < -0.4 is 21.2 Å². The molecule has 2 N–H and O–H groups in total. The van der Waals surface area contributed by atoms with Crippen LogP contribution in [0.15, 0.2) is 23.0 Å². The Hall–Kier alpha value is -2.61. The number of para-hydroxylation sites is 1. The van der Waals surface area contributed by atoms with E-state index < -0.39 is 11.9 Å². The molecule has 0 radical (unpaired) electrons. The van der Waals surface area contributed by atoms with Crippen LogP contribution in [0.1, 0.15) is 45.6 Å². The number of imidazole rings is 1. The number of anilines is 1. The van der Waals surface area contributed by atoms with Gasteiger partial charge in [-0.3, -0.25) is 24.0 Å². The molecule has 29 heavy (non-hydrogen) atoms. The van der Waals surface area contributed by atoms with Crippen LogP contribution in [0.25, 0.3) is 11.0 Å². The summed E-state index contributed by atoms with van der Waals surface area (Å²) in [5, 5.41) is 5.69. The largest absolute Gasteiger partial charge is 0.370 e. The number of nitrogens with zero attached hydrogens (tertiary/aromatic N) is 3. The number of aryl methyl sites for hydroxylation is 1. The summed E-state index contributed by atoms with van der Waals surface area (Å²) in [7, 11) is 3.74. The Labute approximate surface area is 170 Å². The fraction of sp³-hybridized carbons (Fsp3) is 0.571. The molecule has 0 saturated carbocycles. The minimum absolute atomic E-state index is 0.225. The Bertz CT molecular complexity index is 953. The highest BCUT2D eigenvalue weighted by Gasteiger charge is 2.32. The molecule has 2 amide bonds. The molecule has 8 nitrogen and oxygen atoms in total. The van der Waals surface area contributed by atoms with E-state index >= 15 is 0 Å². The zero-order valence-corrected chi connectivity index (χ0v) is 17.7. The van der Waals surface area contributed by atoms with Crippen molar-refractivity contribution in [3.05, 3.63) is 28.7 Å². The lowest BCUT2D eigenvalue weighted by Gasteiger charge is -2.34. The SMILES string of the molecule is CC.CNC1CCN(c2cccc3c2n(C)c(=O)n3C2CCC(=O)NC2=O)CC1. The number of hydrogen-bond acceptors (Lipinski definition) is 5. The Kier molecular flexibility index (Phi) is 6.42. The Morgan fingerprint density at radius 2 is 1.76 bits per heavy atom. The molecule has 1 unspecified atom stereocenters. The van der Waals surface area contributed by atoms with Crippen molar-refractivity contribution in [3.8, 4) is 0 Å². The lowest BCUT2D eigenvalue weighted by Crippen LogP contribution is -2.44. The van der Waals surface area contributed by atoms with Gasteiger partial charge in [0.2, 0.25) is 11.8 Å². The maximum absolute atomic E-state index is 13.0. The number of hydrogen-bond donors (Lipinski definition) is 2. The first kappa shape index (κ1) is 21.1. The zero-order chi connectivity index (χ0) is 21.1. The molecule has 1 aromatic heterocycles. The first-order valence-electron chi connectivity index (χ1n) is 10.5. The third-order valence-electron chi connectivity index (χ3n) is 5.85. The number of benzene rings is 1. The van der Waals surface area contributed by atoms with Gasteiger partial charge in [0.15, 0.2) is 0 Å². The van der Waals surface area contributed by atoms with E-state index in [1.54, 1.807) is 16.2 Å². The number of carbonyl (C=O) groups is 2. The lowest BCUT2D eigenvalue weighted by molar-refractivity contribution is -0.135. The van der Waals surface area contributed by atoms with Crippen LogP contribution in [0, 0.1) is 0 Å². The van der Waals surface area contributed by atoms with E-state index in [0.717, 1.165) is 42.7 Å². The number of rotatable bonds is 3. The summed E-state index contributed by atoms with van der Waals surface area (Å²) >= 11 is 0. The summed E-state index contributed by atoms with van der Waals surface area (Å²) in [4.78, 5) is 39.1. The molecule has 0 spiro atoms. The van der Waals surface area contributed by atoms with Gasteiger partial charge in [-0.25, -0.2) is 4.79 Å². The topological polar surface area (TPSA) is 88.4 Å². The highest BCUT2D eigenvalue weighted by Crippen LogP contribution is 2.31. The maximum Gasteiger partial charge on any atom is 0.329 e. The van der Waals surface area contributed by atoms with Gasteiger partial charge in [0.1, 0.15) is 6.04 Å². The fourth-order valence-electron chi connectivity index (χ4n) is 4.31. The monoisotopic (exact) mass is 401 g/mol. The van der Waals surface area contributed by atoms with Gasteiger partial charge in [-0.15, -0.1) is 0 Å². The molecule has 4 rings (SSSR count). The standard InChI is InChI=1S/C19H25N5O3.C2H6/c1-20-12-8-10-23(11-9-12)13-4-3-5-14-17(13)22(2)19(27)24(14)15-6-7-16(25)21-18(15)26;1-2/h3-5,12,15,20H,6-11H2,1-2H3,(H,21,25,26);1-2H3. The van der Waals surface area contributed by atoms with Gasteiger partial charge in [-0.2, -0.15) is 0 Å². The normalized spacial score (nSPS) is 20.4. The highest BCUT2D eigenvalue weighted by molar-refractivity contribution is 6.00. The molecule has 1 aromatic carbocycles. The number of nitrogens with one attached hydrogen (secondary N) is 2. The van der Waals surface area contributed by atoms with Crippen LogP contribution in [0.2, 0.25) is 0 Å². The Morgan fingerprint density at radius 1 is 1.07 bits per heavy atom. The second-order valence-electron chi connectivity index (χ2n) is 7.37. The number of carbonyl (C=O) groups excluding carboxylic acids is 2. The third kappa shape index (κ3) is 3.81. The summed E-state index contributed by atoms with van der Waals surface area (Å²) in [5.41, 5.74) is 2.38. The average Bonchev–Trinajstić information content (AvgIpc) is 3.00. The molecular weight excluding hydrogens is 370 g/mol. The number of piperidine rings is 2. The molecule has 2 aromatic rings. The molecule has 2 saturated heterocycles. The van der Waals surface area contributed by atoms with Gasteiger partial charge in [-0.05, 0) is 38.4 Å². The molecular formula is C21H31N5O3.